The van der Waals surface area contributed by atoms with Crippen LogP contribution in [0.2, 0.25) is 0 Å². The highest BCUT2D eigenvalue weighted by molar-refractivity contribution is 4.70. The molecule has 1 aliphatic carbocycles. The maximum Gasteiger partial charge on any atom is 0.0589 e. The zero-order chi connectivity index (χ0) is 13.1. The predicted molar refractivity (Wildman–Crippen MR) is 75.0 cm³/mol. The number of hydrogen-bond acceptors (Lipinski definition) is 4. The minimum Gasteiger partial charge on any atom is -0.383 e. The molecule has 4 nitrogen and oxygen atoms in total. The first-order valence-corrected chi connectivity index (χ1v) is 7.27. The molecule has 1 saturated carbocycles. The van der Waals surface area contributed by atoms with E-state index in [0.29, 0.717) is 0 Å². The minimum atomic E-state index is 0.798. The second-order valence-electron chi connectivity index (χ2n) is 5.18. The molecule has 1 fully saturated rings. The van der Waals surface area contributed by atoms with E-state index >= 15 is 0 Å². The predicted octanol–water partition coefficient (Wildman–Crippen LogP) is 1.36. The Kier molecular flexibility index (Phi) is 9.48. The average molecular weight is 258 g/mol. The Hall–Kier alpha value is -0.160. The summed E-state index contributed by atoms with van der Waals surface area (Å²) in [6.45, 7) is 6.93. The largest absolute Gasteiger partial charge is 0.383 e. The van der Waals surface area contributed by atoms with Crippen LogP contribution in [0.5, 0.6) is 0 Å². The molecule has 0 unspecified atom stereocenters. The quantitative estimate of drug-likeness (QED) is 0.567. The van der Waals surface area contributed by atoms with Gasteiger partial charge in [-0.1, -0.05) is 12.8 Å². The van der Waals surface area contributed by atoms with Crippen LogP contribution in [-0.2, 0) is 9.47 Å². The van der Waals surface area contributed by atoms with Crippen LogP contribution in [0.3, 0.4) is 0 Å². The Morgan fingerprint density at radius 2 is 1.61 bits per heavy atom. The lowest BCUT2D eigenvalue weighted by Crippen LogP contribution is -2.37. The van der Waals surface area contributed by atoms with Crippen molar-refractivity contribution in [3.8, 4) is 0 Å². The molecular weight excluding hydrogens is 228 g/mol. The van der Waals surface area contributed by atoms with Crippen molar-refractivity contribution in [3.05, 3.63) is 0 Å². The first kappa shape index (κ1) is 15.9. The van der Waals surface area contributed by atoms with Gasteiger partial charge in [0.1, 0.15) is 0 Å². The van der Waals surface area contributed by atoms with Gasteiger partial charge in [0.15, 0.2) is 0 Å². The third-order valence-corrected chi connectivity index (χ3v) is 3.74. The number of nitrogens with zero attached hydrogens (tertiary/aromatic N) is 1. The van der Waals surface area contributed by atoms with Crippen molar-refractivity contribution < 1.29 is 9.47 Å². The summed E-state index contributed by atoms with van der Waals surface area (Å²) in [5.74, 6) is 0.927. The second kappa shape index (κ2) is 10.7. The molecule has 0 aliphatic heterocycles. The van der Waals surface area contributed by atoms with Crippen molar-refractivity contribution in [1.29, 1.82) is 0 Å². The Morgan fingerprint density at radius 3 is 2.17 bits per heavy atom. The molecule has 1 N–H and O–H groups in total. The fourth-order valence-electron chi connectivity index (χ4n) is 2.53. The summed E-state index contributed by atoms with van der Waals surface area (Å²) >= 11 is 0. The topological polar surface area (TPSA) is 33.7 Å². The van der Waals surface area contributed by atoms with Gasteiger partial charge in [0.2, 0.25) is 0 Å². The Balaban J connectivity index is 2.03. The molecule has 0 aromatic heterocycles. The van der Waals surface area contributed by atoms with Gasteiger partial charge in [0.25, 0.3) is 0 Å². The van der Waals surface area contributed by atoms with Gasteiger partial charge >= 0.3 is 0 Å². The highest BCUT2D eigenvalue weighted by Crippen LogP contribution is 2.23. The number of ether oxygens (including phenoxy) is 2. The third-order valence-electron chi connectivity index (χ3n) is 3.74. The molecule has 108 valence electrons. The fraction of sp³-hybridized carbons (Fsp3) is 1.00. The van der Waals surface area contributed by atoms with E-state index < -0.39 is 0 Å². The molecule has 0 spiro atoms. The van der Waals surface area contributed by atoms with Gasteiger partial charge in [-0.2, -0.15) is 0 Å². The molecule has 0 heterocycles. The SMILES string of the molecule is COCCN(CCNCC1CCCC1)CCOC. The fourth-order valence-corrected chi connectivity index (χ4v) is 2.53. The second-order valence-corrected chi connectivity index (χ2v) is 5.18. The first-order valence-electron chi connectivity index (χ1n) is 7.27. The maximum absolute atomic E-state index is 5.14. The van der Waals surface area contributed by atoms with E-state index in [4.69, 9.17) is 9.47 Å². The van der Waals surface area contributed by atoms with Crippen molar-refractivity contribution in [2.24, 2.45) is 5.92 Å². The average Bonchev–Trinajstić information content (AvgIpc) is 2.90. The molecule has 0 bridgehead atoms. The molecule has 18 heavy (non-hydrogen) atoms. The van der Waals surface area contributed by atoms with E-state index in [9.17, 15) is 0 Å². The van der Waals surface area contributed by atoms with Crippen LogP contribution in [0.4, 0.5) is 0 Å². The summed E-state index contributed by atoms with van der Waals surface area (Å²) < 4.78 is 10.3. The standard InChI is InChI=1S/C14H30N2O2/c1-17-11-9-16(10-12-18-2)8-7-15-13-14-5-3-4-6-14/h14-15H,3-13H2,1-2H3. The number of hydrogen-bond donors (Lipinski definition) is 1. The van der Waals surface area contributed by atoms with E-state index in [1.807, 2.05) is 0 Å². The van der Waals surface area contributed by atoms with E-state index in [-0.39, 0.29) is 0 Å². The van der Waals surface area contributed by atoms with Crippen LogP contribution in [0.15, 0.2) is 0 Å². The number of nitrogens with one attached hydrogen (secondary N) is 1. The molecule has 1 aliphatic rings. The van der Waals surface area contributed by atoms with Gasteiger partial charge in [-0.25, -0.2) is 0 Å². The summed E-state index contributed by atoms with van der Waals surface area (Å²) in [5.41, 5.74) is 0. The van der Waals surface area contributed by atoms with E-state index in [1.54, 1.807) is 14.2 Å². The lowest BCUT2D eigenvalue weighted by atomic mass is 10.1. The van der Waals surface area contributed by atoms with Crippen molar-refractivity contribution in [2.45, 2.75) is 25.7 Å². The van der Waals surface area contributed by atoms with Gasteiger partial charge in [-0.05, 0) is 25.3 Å². The maximum atomic E-state index is 5.14. The monoisotopic (exact) mass is 258 g/mol. The molecule has 0 aromatic rings. The number of methoxy groups -OCH3 is 2. The molecule has 0 atom stereocenters. The zero-order valence-corrected chi connectivity index (χ0v) is 12.1. The lowest BCUT2D eigenvalue weighted by Gasteiger charge is -2.22. The van der Waals surface area contributed by atoms with Gasteiger partial charge in [0.05, 0.1) is 13.2 Å². The molecule has 0 aromatic carbocycles. The summed E-state index contributed by atoms with van der Waals surface area (Å²) in [6.07, 6.45) is 5.70. The Morgan fingerprint density at radius 1 is 1.00 bits per heavy atom. The summed E-state index contributed by atoms with van der Waals surface area (Å²) in [7, 11) is 3.51. The molecular formula is C14H30N2O2. The van der Waals surface area contributed by atoms with Crippen molar-refractivity contribution in [1.82, 2.24) is 10.2 Å². The number of rotatable bonds is 11. The Labute approximate surface area is 112 Å². The lowest BCUT2D eigenvalue weighted by molar-refractivity contribution is 0.114. The minimum absolute atomic E-state index is 0.798. The van der Waals surface area contributed by atoms with Crippen LogP contribution in [-0.4, -0.2) is 65.1 Å². The van der Waals surface area contributed by atoms with Gasteiger partial charge in [0, 0.05) is 40.4 Å². The highest BCUT2D eigenvalue weighted by Gasteiger charge is 2.14. The zero-order valence-electron chi connectivity index (χ0n) is 12.1. The molecule has 0 radical (unpaired) electrons. The summed E-state index contributed by atoms with van der Waals surface area (Å²) in [4.78, 5) is 2.40. The van der Waals surface area contributed by atoms with Crippen molar-refractivity contribution >= 4 is 0 Å². The molecule has 1 rings (SSSR count). The van der Waals surface area contributed by atoms with Crippen molar-refractivity contribution in [2.75, 3.05) is 60.2 Å². The molecule has 4 heteroatoms. The van der Waals surface area contributed by atoms with E-state index in [2.05, 4.69) is 10.2 Å². The van der Waals surface area contributed by atoms with E-state index in [0.717, 1.165) is 45.3 Å². The normalized spacial score (nSPS) is 16.8. The first-order chi connectivity index (χ1) is 8.86. The third kappa shape index (κ3) is 7.31. The van der Waals surface area contributed by atoms with E-state index in [1.165, 1.54) is 32.2 Å². The Bertz CT molecular complexity index is 177. The summed E-state index contributed by atoms with van der Waals surface area (Å²) in [6, 6.07) is 0. The highest BCUT2D eigenvalue weighted by atomic mass is 16.5. The van der Waals surface area contributed by atoms with Gasteiger partial charge < -0.3 is 14.8 Å². The van der Waals surface area contributed by atoms with Crippen LogP contribution < -0.4 is 5.32 Å². The van der Waals surface area contributed by atoms with Gasteiger partial charge in [-0.3, -0.25) is 4.90 Å². The van der Waals surface area contributed by atoms with Crippen LogP contribution in [0.25, 0.3) is 0 Å². The van der Waals surface area contributed by atoms with Crippen molar-refractivity contribution in [3.63, 3.8) is 0 Å². The molecule has 0 saturated heterocycles. The smallest absolute Gasteiger partial charge is 0.0589 e. The summed E-state index contributed by atoms with van der Waals surface area (Å²) in [5, 5.41) is 3.59. The van der Waals surface area contributed by atoms with Gasteiger partial charge in [-0.15, -0.1) is 0 Å². The molecule has 0 amide bonds. The van der Waals surface area contributed by atoms with Crippen LogP contribution in [0, 0.1) is 5.92 Å². The van der Waals surface area contributed by atoms with Crippen LogP contribution in [0.1, 0.15) is 25.7 Å². The van der Waals surface area contributed by atoms with Crippen LogP contribution >= 0.6 is 0 Å².